The highest BCUT2D eigenvalue weighted by Crippen LogP contribution is 2.29. The van der Waals surface area contributed by atoms with Crippen molar-refractivity contribution in [1.82, 2.24) is 10.2 Å². The van der Waals surface area contributed by atoms with E-state index in [2.05, 4.69) is 16.3 Å². The lowest BCUT2D eigenvalue weighted by molar-refractivity contribution is 0.109. The summed E-state index contributed by atoms with van der Waals surface area (Å²) in [7, 11) is -2.90. The third-order valence-electron chi connectivity index (χ3n) is 3.58. The van der Waals surface area contributed by atoms with E-state index in [1.165, 1.54) is 0 Å². The molecule has 0 aromatic heterocycles. The molecule has 0 spiro atoms. The molecule has 0 unspecified atom stereocenters. The van der Waals surface area contributed by atoms with Gasteiger partial charge in [0.1, 0.15) is 5.54 Å². The molecule has 0 aromatic rings. The zero-order chi connectivity index (χ0) is 11.6. The summed E-state index contributed by atoms with van der Waals surface area (Å²) in [5, 5.41) is 12.6. The van der Waals surface area contributed by atoms with Crippen molar-refractivity contribution in [2.75, 3.05) is 37.7 Å². The lowest BCUT2D eigenvalue weighted by Crippen LogP contribution is -2.58. The molecule has 0 atom stereocenters. The number of nitrogens with zero attached hydrogens (tertiary/aromatic N) is 2. The number of hydrogen-bond acceptors (Lipinski definition) is 5. The predicted octanol–water partition coefficient (Wildman–Crippen LogP) is -0.637. The maximum Gasteiger partial charge on any atom is 0.150 e. The molecule has 2 saturated heterocycles. The van der Waals surface area contributed by atoms with Crippen molar-refractivity contribution in [3.05, 3.63) is 0 Å². The van der Waals surface area contributed by atoms with E-state index >= 15 is 0 Å². The Morgan fingerprint density at radius 1 is 1.19 bits per heavy atom. The Balaban J connectivity index is 2.12. The van der Waals surface area contributed by atoms with Crippen molar-refractivity contribution in [2.24, 2.45) is 0 Å². The SMILES string of the molecule is N#CC1(N2CCNCC2)CCS(=O)(=O)CC1. The molecule has 0 amide bonds. The van der Waals surface area contributed by atoms with Gasteiger partial charge in [0.2, 0.25) is 0 Å². The first kappa shape index (κ1) is 11.8. The van der Waals surface area contributed by atoms with E-state index < -0.39 is 15.4 Å². The Morgan fingerprint density at radius 3 is 2.25 bits per heavy atom. The van der Waals surface area contributed by atoms with Crippen molar-refractivity contribution in [3.8, 4) is 6.07 Å². The van der Waals surface area contributed by atoms with Crippen LogP contribution in [0, 0.1) is 11.3 Å². The highest BCUT2D eigenvalue weighted by Gasteiger charge is 2.42. The lowest BCUT2D eigenvalue weighted by Gasteiger charge is -2.43. The fraction of sp³-hybridized carbons (Fsp3) is 0.900. The predicted molar refractivity (Wildman–Crippen MR) is 60.7 cm³/mol. The molecule has 2 fully saturated rings. The van der Waals surface area contributed by atoms with Crippen LogP contribution < -0.4 is 5.32 Å². The largest absolute Gasteiger partial charge is 0.314 e. The van der Waals surface area contributed by atoms with Crippen LogP contribution >= 0.6 is 0 Å². The maximum atomic E-state index is 11.4. The summed E-state index contributed by atoms with van der Waals surface area (Å²) >= 11 is 0. The fourth-order valence-electron chi connectivity index (χ4n) is 2.47. The smallest absolute Gasteiger partial charge is 0.150 e. The van der Waals surface area contributed by atoms with Crippen molar-refractivity contribution in [2.45, 2.75) is 18.4 Å². The van der Waals surface area contributed by atoms with Gasteiger partial charge in [0.05, 0.1) is 17.6 Å². The van der Waals surface area contributed by atoms with Crippen LogP contribution in [-0.4, -0.2) is 56.5 Å². The average Bonchev–Trinajstić information content (AvgIpc) is 2.31. The van der Waals surface area contributed by atoms with E-state index in [1.54, 1.807) is 0 Å². The van der Waals surface area contributed by atoms with Gasteiger partial charge in [0.15, 0.2) is 9.84 Å². The first-order valence-corrected chi connectivity index (χ1v) is 7.48. The summed E-state index contributed by atoms with van der Waals surface area (Å²) in [6, 6.07) is 2.36. The lowest BCUT2D eigenvalue weighted by atomic mass is 9.91. The van der Waals surface area contributed by atoms with Crippen LogP contribution in [0.4, 0.5) is 0 Å². The Kier molecular flexibility index (Phi) is 3.19. The summed E-state index contributed by atoms with van der Waals surface area (Å²) in [6.07, 6.45) is 0.928. The van der Waals surface area contributed by atoms with E-state index in [1.807, 2.05) is 0 Å². The molecule has 0 aromatic carbocycles. The van der Waals surface area contributed by atoms with Gasteiger partial charge in [0.25, 0.3) is 0 Å². The summed E-state index contributed by atoms with van der Waals surface area (Å²) in [5.41, 5.74) is -0.534. The molecule has 5 nitrogen and oxygen atoms in total. The molecule has 2 rings (SSSR count). The monoisotopic (exact) mass is 243 g/mol. The maximum absolute atomic E-state index is 11.4. The van der Waals surface area contributed by atoms with Crippen molar-refractivity contribution in [1.29, 1.82) is 5.26 Å². The summed E-state index contributed by atoms with van der Waals surface area (Å²) in [6.45, 7) is 3.45. The molecule has 0 radical (unpaired) electrons. The van der Waals surface area contributed by atoms with E-state index in [4.69, 9.17) is 0 Å². The van der Waals surface area contributed by atoms with Crippen LogP contribution in [0.1, 0.15) is 12.8 Å². The molecule has 0 aliphatic carbocycles. The van der Waals surface area contributed by atoms with E-state index in [0.29, 0.717) is 12.8 Å². The minimum atomic E-state index is -2.90. The quantitative estimate of drug-likeness (QED) is 0.663. The molecular formula is C10H17N3O2S. The van der Waals surface area contributed by atoms with Gasteiger partial charge < -0.3 is 5.32 Å². The summed E-state index contributed by atoms with van der Waals surface area (Å²) < 4.78 is 22.8. The molecule has 2 aliphatic rings. The van der Waals surface area contributed by atoms with E-state index in [-0.39, 0.29) is 11.5 Å². The van der Waals surface area contributed by atoms with Crippen LogP contribution in [0.2, 0.25) is 0 Å². The van der Waals surface area contributed by atoms with Crippen LogP contribution in [0.3, 0.4) is 0 Å². The second-order valence-corrected chi connectivity index (χ2v) is 6.84. The minimum absolute atomic E-state index is 0.157. The normalized spacial score (nSPS) is 29.4. The van der Waals surface area contributed by atoms with Gasteiger partial charge in [-0.3, -0.25) is 4.90 Å². The third-order valence-corrected chi connectivity index (χ3v) is 5.24. The molecule has 16 heavy (non-hydrogen) atoms. The number of hydrogen-bond donors (Lipinski definition) is 1. The zero-order valence-electron chi connectivity index (χ0n) is 9.28. The van der Waals surface area contributed by atoms with E-state index in [9.17, 15) is 13.7 Å². The van der Waals surface area contributed by atoms with Crippen LogP contribution in [0.15, 0.2) is 0 Å². The summed E-state index contributed by atoms with van der Waals surface area (Å²) in [4.78, 5) is 2.15. The number of piperazine rings is 1. The number of nitrogens with one attached hydrogen (secondary N) is 1. The standard InChI is InChI=1S/C10H17N3O2S/c11-9-10(13-5-3-12-4-6-13)1-7-16(14,15)8-2-10/h12H,1-8H2. The number of rotatable bonds is 1. The second kappa shape index (κ2) is 4.32. The van der Waals surface area contributed by atoms with Gasteiger partial charge in [-0.1, -0.05) is 0 Å². The van der Waals surface area contributed by atoms with Crippen LogP contribution in [-0.2, 0) is 9.84 Å². The van der Waals surface area contributed by atoms with Gasteiger partial charge >= 0.3 is 0 Å². The fourth-order valence-corrected chi connectivity index (χ4v) is 3.97. The van der Waals surface area contributed by atoms with Crippen LogP contribution in [0.25, 0.3) is 0 Å². The molecule has 0 bridgehead atoms. The molecule has 2 aliphatic heterocycles. The van der Waals surface area contributed by atoms with Gasteiger partial charge in [-0.2, -0.15) is 5.26 Å². The van der Waals surface area contributed by atoms with Gasteiger partial charge in [-0.25, -0.2) is 8.42 Å². The van der Waals surface area contributed by atoms with Crippen molar-refractivity contribution < 1.29 is 8.42 Å². The molecular weight excluding hydrogens is 226 g/mol. The zero-order valence-corrected chi connectivity index (χ0v) is 10.1. The molecule has 6 heteroatoms. The number of nitriles is 1. The van der Waals surface area contributed by atoms with Crippen molar-refractivity contribution >= 4 is 9.84 Å². The van der Waals surface area contributed by atoms with Gasteiger partial charge in [-0.15, -0.1) is 0 Å². The molecule has 90 valence electrons. The highest BCUT2D eigenvalue weighted by atomic mass is 32.2. The molecule has 1 N–H and O–H groups in total. The second-order valence-electron chi connectivity index (χ2n) is 4.53. The third kappa shape index (κ3) is 2.21. The Hall–Kier alpha value is -0.640. The first-order valence-electron chi connectivity index (χ1n) is 5.65. The summed E-state index contributed by atoms with van der Waals surface area (Å²) in [5.74, 6) is 0.314. The Labute approximate surface area is 96.3 Å². The van der Waals surface area contributed by atoms with Gasteiger partial charge in [0, 0.05) is 26.2 Å². The minimum Gasteiger partial charge on any atom is -0.314 e. The molecule has 0 saturated carbocycles. The van der Waals surface area contributed by atoms with Crippen LogP contribution in [0.5, 0.6) is 0 Å². The van der Waals surface area contributed by atoms with Gasteiger partial charge in [-0.05, 0) is 12.8 Å². The van der Waals surface area contributed by atoms with Crippen molar-refractivity contribution in [3.63, 3.8) is 0 Å². The first-order chi connectivity index (χ1) is 7.58. The van der Waals surface area contributed by atoms with E-state index in [0.717, 1.165) is 26.2 Å². The Bertz CT molecular complexity index is 379. The average molecular weight is 243 g/mol. The topological polar surface area (TPSA) is 73.2 Å². The highest BCUT2D eigenvalue weighted by molar-refractivity contribution is 7.91. The molecule has 2 heterocycles. The number of sulfone groups is 1. The Morgan fingerprint density at radius 2 is 1.75 bits per heavy atom.